The van der Waals surface area contributed by atoms with Gasteiger partial charge >= 0.3 is 0 Å². The van der Waals surface area contributed by atoms with Crippen LogP contribution in [0.15, 0.2) is 46.9 Å². The first-order valence-corrected chi connectivity index (χ1v) is 9.95. The van der Waals surface area contributed by atoms with Gasteiger partial charge in [-0.3, -0.25) is 0 Å². The number of nitrogens with one attached hydrogen (secondary N) is 2. The highest BCUT2D eigenvalue weighted by molar-refractivity contribution is 9.10. The van der Waals surface area contributed by atoms with Gasteiger partial charge in [0.1, 0.15) is 12.4 Å². The minimum Gasteiger partial charge on any atom is -0.489 e. The van der Waals surface area contributed by atoms with Gasteiger partial charge in [-0.05, 0) is 68.2 Å². The number of halogens is 2. The standard InChI is InChI=1S/C20H24BrClN2O/c21-20-11-18(22)5-4-17(20)14-25-19-3-1-2-16(10-19)13-24-12-15-6-8-23-9-7-15/h1-5,10-11,15,23-24H,6-9,12-14H2. The molecule has 0 amide bonds. The molecule has 5 heteroatoms. The van der Waals surface area contributed by atoms with Gasteiger partial charge in [0, 0.05) is 21.6 Å². The van der Waals surface area contributed by atoms with Crippen LogP contribution < -0.4 is 15.4 Å². The van der Waals surface area contributed by atoms with Crippen molar-refractivity contribution >= 4 is 27.5 Å². The van der Waals surface area contributed by atoms with Crippen LogP contribution >= 0.6 is 27.5 Å². The average Bonchev–Trinajstić information content (AvgIpc) is 2.62. The van der Waals surface area contributed by atoms with E-state index in [0.717, 1.165) is 52.9 Å². The molecular weight excluding hydrogens is 400 g/mol. The molecule has 134 valence electrons. The van der Waals surface area contributed by atoms with Gasteiger partial charge in [-0.2, -0.15) is 0 Å². The molecule has 25 heavy (non-hydrogen) atoms. The van der Waals surface area contributed by atoms with Gasteiger partial charge in [-0.25, -0.2) is 0 Å². The van der Waals surface area contributed by atoms with E-state index in [2.05, 4.69) is 38.7 Å². The Morgan fingerprint density at radius 1 is 1.16 bits per heavy atom. The van der Waals surface area contributed by atoms with Gasteiger partial charge in [-0.15, -0.1) is 0 Å². The van der Waals surface area contributed by atoms with Gasteiger partial charge in [0.2, 0.25) is 0 Å². The molecule has 3 nitrogen and oxygen atoms in total. The van der Waals surface area contributed by atoms with Crippen molar-refractivity contribution in [3.63, 3.8) is 0 Å². The molecule has 0 unspecified atom stereocenters. The second-order valence-electron chi connectivity index (χ2n) is 6.50. The summed E-state index contributed by atoms with van der Waals surface area (Å²) in [6.45, 7) is 4.78. The Morgan fingerprint density at radius 3 is 2.80 bits per heavy atom. The van der Waals surface area contributed by atoms with Crippen LogP contribution in [0.2, 0.25) is 5.02 Å². The Hall–Kier alpha value is -1.07. The molecule has 2 N–H and O–H groups in total. The van der Waals surface area contributed by atoms with Gasteiger partial charge < -0.3 is 15.4 Å². The number of hydrogen-bond acceptors (Lipinski definition) is 3. The number of ether oxygens (including phenoxy) is 1. The summed E-state index contributed by atoms with van der Waals surface area (Å²) in [5, 5.41) is 7.71. The predicted octanol–water partition coefficient (Wildman–Crippen LogP) is 4.77. The van der Waals surface area contributed by atoms with Gasteiger partial charge in [0.05, 0.1) is 0 Å². The van der Waals surface area contributed by atoms with Crippen LogP contribution in [-0.2, 0) is 13.2 Å². The van der Waals surface area contributed by atoms with Crippen LogP contribution in [-0.4, -0.2) is 19.6 Å². The van der Waals surface area contributed by atoms with Crippen LogP contribution in [0, 0.1) is 5.92 Å². The third-order valence-electron chi connectivity index (χ3n) is 4.53. The number of benzene rings is 2. The number of piperidine rings is 1. The lowest BCUT2D eigenvalue weighted by molar-refractivity contribution is 0.305. The summed E-state index contributed by atoms with van der Waals surface area (Å²) in [4.78, 5) is 0. The molecule has 2 aromatic carbocycles. The van der Waals surface area contributed by atoms with E-state index in [4.69, 9.17) is 16.3 Å². The zero-order valence-corrected chi connectivity index (χ0v) is 16.6. The number of rotatable bonds is 7. The quantitative estimate of drug-likeness (QED) is 0.673. The van der Waals surface area contributed by atoms with E-state index < -0.39 is 0 Å². The highest BCUT2D eigenvalue weighted by atomic mass is 79.9. The lowest BCUT2D eigenvalue weighted by Crippen LogP contribution is -2.33. The minimum absolute atomic E-state index is 0.518. The lowest BCUT2D eigenvalue weighted by atomic mass is 9.98. The zero-order valence-electron chi connectivity index (χ0n) is 14.2. The summed E-state index contributed by atoms with van der Waals surface area (Å²) in [5.74, 6) is 1.69. The fourth-order valence-corrected chi connectivity index (χ4v) is 3.85. The second-order valence-corrected chi connectivity index (χ2v) is 7.79. The van der Waals surface area contributed by atoms with Crippen LogP contribution in [0.5, 0.6) is 5.75 Å². The molecule has 3 rings (SSSR count). The molecule has 1 aliphatic heterocycles. The SMILES string of the molecule is Clc1ccc(COc2cccc(CNCC3CCNCC3)c2)c(Br)c1. The molecule has 1 aliphatic rings. The Kier molecular flexibility index (Phi) is 7.17. The molecule has 1 fully saturated rings. The molecule has 1 heterocycles. The fraction of sp³-hybridized carbons (Fsp3) is 0.400. The second kappa shape index (κ2) is 9.58. The Balaban J connectivity index is 1.48. The van der Waals surface area contributed by atoms with E-state index in [0.29, 0.717) is 6.61 Å². The Labute approximate surface area is 163 Å². The summed E-state index contributed by atoms with van der Waals surface area (Å²) in [7, 11) is 0. The van der Waals surface area contributed by atoms with Crippen molar-refractivity contribution in [1.29, 1.82) is 0 Å². The summed E-state index contributed by atoms with van der Waals surface area (Å²) in [5.41, 5.74) is 2.33. The molecule has 0 saturated carbocycles. The fourth-order valence-electron chi connectivity index (χ4n) is 3.05. The number of hydrogen-bond donors (Lipinski definition) is 2. The maximum Gasteiger partial charge on any atom is 0.120 e. The Bertz CT molecular complexity index is 689. The largest absolute Gasteiger partial charge is 0.489 e. The maximum absolute atomic E-state index is 5.98. The first-order valence-electron chi connectivity index (χ1n) is 8.78. The van der Waals surface area contributed by atoms with E-state index in [1.165, 1.54) is 18.4 Å². The van der Waals surface area contributed by atoms with E-state index in [1.54, 1.807) is 0 Å². The van der Waals surface area contributed by atoms with Gasteiger partial charge in [0.15, 0.2) is 0 Å². The van der Waals surface area contributed by atoms with Crippen LogP contribution in [0.4, 0.5) is 0 Å². The lowest BCUT2D eigenvalue weighted by Gasteiger charge is -2.22. The van der Waals surface area contributed by atoms with E-state index in [-0.39, 0.29) is 0 Å². The van der Waals surface area contributed by atoms with Crippen molar-refractivity contribution in [2.45, 2.75) is 26.0 Å². The first kappa shape index (κ1) is 18.7. The summed E-state index contributed by atoms with van der Waals surface area (Å²) in [6.07, 6.45) is 2.54. The van der Waals surface area contributed by atoms with Crippen molar-refractivity contribution in [2.24, 2.45) is 5.92 Å². The first-order chi connectivity index (χ1) is 12.2. The highest BCUT2D eigenvalue weighted by Crippen LogP contribution is 2.23. The zero-order chi connectivity index (χ0) is 17.5. The third kappa shape index (κ3) is 6.00. The molecule has 1 saturated heterocycles. The van der Waals surface area contributed by atoms with Crippen molar-refractivity contribution in [2.75, 3.05) is 19.6 Å². The van der Waals surface area contributed by atoms with Crippen molar-refractivity contribution in [3.8, 4) is 5.75 Å². The molecule has 0 aliphatic carbocycles. The molecular formula is C20H24BrClN2O. The van der Waals surface area contributed by atoms with Crippen LogP contribution in [0.1, 0.15) is 24.0 Å². The third-order valence-corrected chi connectivity index (χ3v) is 5.50. The average molecular weight is 424 g/mol. The minimum atomic E-state index is 0.518. The van der Waals surface area contributed by atoms with Gasteiger partial charge in [-0.1, -0.05) is 45.7 Å². The normalized spacial score (nSPS) is 15.3. The molecule has 0 radical (unpaired) electrons. The molecule has 2 aromatic rings. The predicted molar refractivity (Wildman–Crippen MR) is 107 cm³/mol. The molecule has 0 bridgehead atoms. The van der Waals surface area contributed by atoms with Gasteiger partial charge in [0.25, 0.3) is 0 Å². The van der Waals surface area contributed by atoms with Crippen molar-refractivity contribution < 1.29 is 4.74 Å². The summed E-state index contributed by atoms with van der Waals surface area (Å²) >= 11 is 9.51. The van der Waals surface area contributed by atoms with E-state index in [1.807, 2.05) is 30.3 Å². The molecule has 0 spiro atoms. The van der Waals surface area contributed by atoms with Crippen LogP contribution in [0.25, 0.3) is 0 Å². The van der Waals surface area contributed by atoms with Crippen molar-refractivity contribution in [1.82, 2.24) is 10.6 Å². The molecule has 0 atom stereocenters. The topological polar surface area (TPSA) is 33.3 Å². The van der Waals surface area contributed by atoms with E-state index in [9.17, 15) is 0 Å². The Morgan fingerprint density at radius 2 is 2.00 bits per heavy atom. The highest BCUT2D eigenvalue weighted by Gasteiger charge is 2.12. The monoisotopic (exact) mass is 422 g/mol. The van der Waals surface area contributed by atoms with Crippen molar-refractivity contribution in [3.05, 3.63) is 63.1 Å². The summed E-state index contributed by atoms with van der Waals surface area (Å²) in [6, 6.07) is 14.1. The van der Waals surface area contributed by atoms with Crippen LogP contribution in [0.3, 0.4) is 0 Å². The molecule has 0 aromatic heterocycles. The maximum atomic E-state index is 5.98. The van der Waals surface area contributed by atoms with E-state index >= 15 is 0 Å². The summed E-state index contributed by atoms with van der Waals surface area (Å²) < 4.78 is 6.91. The smallest absolute Gasteiger partial charge is 0.120 e.